The van der Waals surface area contributed by atoms with Gasteiger partial charge in [-0.05, 0) is 49.3 Å². The van der Waals surface area contributed by atoms with E-state index >= 15 is 0 Å². The first-order valence-corrected chi connectivity index (χ1v) is 7.28. The molecule has 2 rings (SSSR count). The predicted octanol–water partition coefficient (Wildman–Crippen LogP) is 2.21. The number of aryl methyl sites for hydroxylation is 1. The first kappa shape index (κ1) is 14.1. The molecule has 1 aliphatic rings. The van der Waals surface area contributed by atoms with Crippen LogP contribution >= 0.6 is 0 Å². The molecule has 0 heterocycles. The van der Waals surface area contributed by atoms with Gasteiger partial charge in [-0.25, -0.2) is 0 Å². The van der Waals surface area contributed by atoms with Crippen LogP contribution in [-0.4, -0.2) is 19.0 Å². The molecule has 0 spiro atoms. The molecular weight excluding hydrogens is 236 g/mol. The molecule has 0 saturated heterocycles. The third kappa shape index (κ3) is 3.57. The minimum absolute atomic E-state index is 0.0371. The molecule has 3 nitrogen and oxygen atoms in total. The van der Waals surface area contributed by atoms with E-state index in [1.54, 1.807) is 0 Å². The van der Waals surface area contributed by atoms with Gasteiger partial charge in [0, 0.05) is 6.54 Å². The molecule has 0 aromatic heterocycles. The van der Waals surface area contributed by atoms with E-state index in [1.165, 1.54) is 11.1 Å². The molecule has 2 unspecified atom stereocenters. The Labute approximate surface area is 115 Å². The van der Waals surface area contributed by atoms with Crippen molar-refractivity contribution in [1.29, 1.82) is 0 Å². The van der Waals surface area contributed by atoms with Gasteiger partial charge in [-0.1, -0.05) is 31.2 Å². The highest BCUT2D eigenvalue weighted by atomic mass is 16.1. The van der Waals surface area contributed by atoms with Crippen molar-refractivity contribution in [2.75, 3.05) is 13.1 Å². The molecule has 0 bridgehead atoms. The highest BCUT2D eigenvalue weighted by Gasteiger charge is 2.25. The highest BCUT2D eigenvalue weighted by molar-refractivity contribution is 5.84. The maximum Gasteiger partial charge on any atom is 0.227 e. The lowest BCUT2D eigenvalue weighted by molar-refractivity contribution is -0.123. The van der Waals surface area contributed by atoms with E-state index in [0.717, 1.165) is 32.2 Å². The van der Waals surface area contributed by atoms with E-state index in [9.17, 15) is 4.79 Å². The second-order valence-corrected chi connectivity index (χ2v) is 5.57. The van der Waals surface area contributed by atoms with Crippen LogP contribution < -0.4 is 11.1 Å². The number of fused-ring (bicyclic) bond motifs is 1. The molecule has 1 aliphatic carbocycles. The van der Waals surface area contributed by atoms with Crippen LogP contribution in [0, 0.1) is 5.92 Å². The van der Waals surface area contributed by atoms with Crippen molar-refractivity contribution in [2.24, 2.45) is 11.7 Å². The maximum atomic E-state index is 12.3. The summed E-state index contributed by atoms with van der Waals surface area (Å²) in [5.41, 5.74) is 8.09. The fraction of sp³-hybridized carbons (Fsp3) is 0.562. The number of hydrogen-bond acceptors (Lipinski definition) is 2. The summed E-state index contributed by atoms with van der Waals surface area (Å²) in [7, 11) is 0. The number of hydrogen-bond donors (Lipinski definition) is 2. The zero-order chi connectivity index (χ0) is 13.7. The summed E-state index contributed by atoms with van der Waals surface area (Å²) < 4.78 is 0. The van der Waals surface area contributed by atoms with E-state index in [0.29, 0.717) is 12.5 Å². The van der Waals surface area contributed by atoms with Crippen molar-refractivity contribution < 1.29 is 4.79 Å². The van der Waals surface area contributed by atoms with Crippen molar-refractivity contribution >= 4 is 5.91 Å². The van der Waals surface area contributed by atoms with Crippen LogP contribution in [0.5, 0.6) is 0 Å². The van der Waals surface area contributed by atoms with Gasteiger partial charge >= 0.3 is 0 Å². The Bertz CT molecular complexity index is 431. The fourth-order valence-electron chi connectivity index (χ4n) is 2.81. The molecule has 0 saturated carbocycles. The topological polar surface area (TPSA) is 55.1 Å². The average molecular weight is 260 g/mol. The van der Waals surface area contributed by atoms with Gasteiger partial charge in [0.2, 0.25) is 5.91 Å². The monoisotopic (exact) mass is 260 g/mol. The standard InChI is InChI=1S/C16H24N2O/c1-12(9-10-17)11-18-16(19)15-8-4-6-13-5-2-3-7-14(13)15/h2-3,5,7,12,15H,4,6,8-11,17H2,1H3,(H,18,19). The lowest BCUT2D eigenvalue weighted by Crippen LogP contribution is -2.34. The van der Waals surface area contributed by atoms with E-state index < -0.39 is 0 Å². The normalized spacial score (nSPS) is 19.6. The molecule has 1 amide bonds. The number of amides is 1. The lowest BCUT2D eigenvalue weighted by Gasteiger charge is -2.25. The number of nitrogens with two attached hydrogens (primary N) is 1. The molecule has 104 valence electrons. The summed E-state index contributed by atoms with van der Waals surface area (Å²) in [6.07, 6.45) is 4.13. The largest absolute Gasteiger partial charge is 0.355 e. The van der Waals surface area contributed by atoms with E-state index in [4.69, 9.17) is 5.73 Å². The lowest BCUT2D eigenvalue weighted by atomic mass is 9.82. The summed E-state index contributed by atoms with van der Waals surface area (Å²) in [4.78, 5) is 12.3. The Hall–Kier alpha value is -1.35. The summed E-state index contributed by atoms with van der Waals surface area (Å²) in [6, 6.07) is 8.33. The molecule has 0 radical (unpaired) electrons. The number of carbonyl (C=O) groups is 1. The number of nitrogens with one attached hydrogen (secondary N) is 1. The Morgan fingerprint density at radius 1 is 1.47 bits per heavy atom. The zero-order valence-corrected chi connectivity index (χ0v) is 11.7. The van der Waals surface area contributed by atoms with E-state index in [-0.39, 0.29) is 11.8 Å². The van der Waals surface area contributed by atoms with Crippen molar-refractivity contribution in [1.82, 2.24) is 5.32 Å². The van der Waals surface area contributed by atoms with E-state index in [2.05, 4.69) is 30.4 Å². The highest BCUT2D eigenvalue weighted by Crippen LogP contribution is 2.31. The van der Waals surface area contributed by atoms with Crippen LogP contribution in [0.2, 0.25) is 0 Å². The predicted molar refractivity (Wildman–Crippen MR) is 78.0 cm³/mol. The Morgan fingerprint density at radius 2 is 2.26 bits per heavy atom. The van der Waals surface area contributed by atoms with Crippen LogP contribution in [0.1, 0.15) is 43.2 Å². The Balaban J connectivity index is 1.97. The molecule has 0 fully saturated rings. The molecule has 2 atom stereocenters. The number of benzene rings is 1. The average Bonchev–Trinajstić information content (AvgIpc) is 2.44. The van der Waals surface area contributed by atoms with Crippen LogP contribution in [0.25, 0.3) is 0 Å². The molecule has 1 aromatic carbocycles. The molecule has 1 aromatic rings. The molecule has 3 heteroatoms. The zero-order valence-electron chi connectivity index (χ0n) is 11.7. The van der Waals surface area contributed by atoms with Gasteiger partial charge < -0.3 is 11.1 Å². The Morgan fingerprint density at radius 3 is 3.05 bits per heavy atom. The second kappa shape index (κ2) is 6.71. The number of rotatable bonds is 5. The summed E-state index contributed by atoms with van der Waals surface area (Å²) >= 11 is 0. The SMILES string of the molecule is CC(CCN)CNC(=O)C1CCCc2ccccc21. The van der Waals surface area contributed by atoms with Crippen LogP contribution in [0.4, 0.5) is 0 Å². The first-order chi connectivity index (χ1) is 9.22. The van der Waals surface area contributed by atoms with E-state index in [1.807, 2.05) is 6.07 Å². The van der Waals surface area contributed by atoms with Crippen molar-refractivity contribution in [3.05, 3.63) is 35.4 Å². The Kier molecular flexibility index (Phi) is 4.97. The molecule has 0 aliphatic heterocycles. The summed E-state index contributed by atoms with van der Waals surface area (Å²) in [5, 5.41) is 3.08. The molecule has 19 heavy (non-hydrogen) atoms. The smallest absolute Gasteiger partial charge is 0.227 e. The number of carbonyl (C=O) groups excluding carboxylic acids is 1. The third-order valence-corrected chi connectivity index (χ3v) is 3.97. The summed E-state index contributed by atoms with van der Waals surface area (Å²) in [5.74, 6) is 0.666. The minimum atomic E-state index is 0.0371. The quantitative estimate of drug-likeness (QED) is 0.853. The van der Waals surface area contributed by atoms with Gasteiger partial charge in [-0.2, -0.15) is 0 Å². The fourth-order valence-corrected chi connectivity index (χ4v) is 2.81. The molecule has 3 N–H and O–H groups in total. The van der Waals surface area contributed by atoms with Crippen LogP contribution in [0.3, 0.4) is 0 Å². The second-order valence-electron chi connectivity index (χ2n) is 5.57. The van der Waals surface area contributed by atoms with Gasteiger partial charge in [0.1, 0.15) is 0 Å². The van der Waals surface area contributed by atoms with Crippen molar-refractivity contribution in [3.8, 4) is 0 Å². The van der Waals surface area contributed by atoms with Gasteiger partial charge in [-0.15, -0.1) is 0 Å². The third-order valence-electron chi connectivity index (χ3n) is 3.97. The summed E-state index contributed by atoms with van der Waals surface area (Å²) in [6.45, 7) is 3.54. The van der Waals surface area contributed by atoms with Gasteiger partial charge in [0.05, 0.1) is 5.92 Å². The van der Waals surface area contributed by atoms with Crippen LogP contribution in [-0.2, 0) is 11.2 Å². The van der Waals surface area contributed by atoms with Crippen molar-refractivity contribution in [2.45, 2.75) is 38.5 Å². The van der Waals surface area contributed by atoms with Gasteiger partial charge in [0.25, 0.3) is 0 Å². The first-order valence-electron chi connectivity index (χ1n) is 7.28. The van der Waals surface area contributed by atoms with Crippen LogP contribution in [0.15, 0.2) is 24.3 Å². The van der Waals surface area contributed by atoms with Gasteiger partial charge in [0.15, 0.2) is 0 Å². The minimum Gasteiger partial charge on any atom is -0.355 e. The van der Waals surface area contributed by atoms with Gasteiger partial charge in [-0.3, -0.25) is 4.79 Å². The van der Waals surface area contributed by atoms with Crippen molar-refractivity contribution in [3.63, 3.8) is 0 Å². The maximum absolute atomic E-state index is 12.3. The molecular formula is C16H24N2O.